The highest BCUT2D eigenvalue weighted by molar-refractivity contribution is 5.97. The molecule has 1 aromatic heterocycles. The lowest BCUT2D eigenvalue weighted by molar-refractivity contribution is -0.144. The molecule has 1 amide bonds. The summed E-state index contributed by atoms with van der Waals surface area (Å²) in [6.07, 6.45) is 2.78. The molecule has 1 aliphatic carbocycles. The van der Waals surface area contributed by atoms with Crippen molar-refractivity contribution in [1.29, 1.82) is 0 Å². The zero-order valence-corrected chi connectivity index (χ0v) is 13.2. The number of carbonyl (C=O) groups is 2. The molecule has 0 radical (unpaired) electrons. The summed E-state index contributed by atoms with van der Waals surface area (Å²) in [4.78, 5) is 28.4. The number of nitrogens with zero attached hydrogens (tertiary/aromatic N) is 1. The van der Waals surface area contributed by atoms with E-state index in [2.05, 4.69) is 10.3 Å². The van der Waals surface area contributed by atoms with E-state index in [1.54, 1.807) is 0 Å². The first kappa shape index (κ1) is 16.0. The number of benzene rings is 1. The number of hydrogen-bond acceptors (Lipinski definition) is 5. The van der Waals surface area contributed by atoms with Crippen molar-refractivity contribution in [2.45, 2.75) is 18.9 Å². The minimum Gasteiger partial charge on any atom is -0.505 e. The maximum atomic E-state index is 12.4. The molecule has 2 N–H and O–H groups in total. The molecule has 0 spiro atoms. The average Bonchev–Trinajstić information content (AvgIpc) is 3.03. The molecular weight excluding hydrogens is 308 g/mol. The first-order valence-electron chi connectivity index (χ1n) is 7.69. The van der Waals surface area contributed by atoms with Crippen LogP contribution in [0, 0.1) is 5.92 Å². The Morgan fingerprint density at radius 2 is 1.88 bits per heavy atom. The summed E-state index contributed by atoms with van der Waals surface area (Å²) in [7, 11) is 1.29. The Bertz CT molecular complexity index is 750. The van der Waals surface area contributed by atoms with Crippen LogP contribution < -0.4 is 5.32 Å². The molecule has 3 rings (SSSR count). The number of amides is 1. The monoisotopic (exact) mass is 326 g/mol. The van der Waals surface area contributed by atoms with Gasteiger partial charge in [0.2, 0.25) is 0 Å². The van der Waals surface area contributed by atoms with Crippen LogP contribution in [-0.4, -0.2) is 35.1 Å². The van der Waals surface area contributed by atoms with Crippen LogP contribution in [0.15, 0.2) is 42.6 Å². The number of nitrogens with one attached hydrogen (secondary N) is 1. The normalized spacial score (nSPS) is 14.7. The Morgan fingerprint density at radius 3 is 2.46 bits per heavy atom. The molecule has 6 nitrogen and oxygen atoms in total. The van der Waals surface area contributed by atoms with Gasteiger partial charge in [-0.25, -0.2) is 9.78 Å². The van der Waals surface area contributed by atoms with E-state index >= 15 is 0 Å². The number of fused-ring (bicyclic) bond motifs is 1. The lowest BCUT2D eigenvalue weighted by Gasteiger charge is -2.22. The molecule has 0 bridgehead atoms. The van der Waals surface area contributed by atoms with Crippen LogP contribution >= 0.6 is 0 Å². The third-order valence-electron chi connectivity index (χ3n) is 4.30. The van der Waals surface area contributed by atoms with E-state index in [9.17, 15) is 14.7 Å². The van der Waals surface area contributed by atoms with Crippen molar-refractivity contribution in [1.82, 2.24) is 10.3 Å². The molecule has 0 unspecified atom stereocenters. The van der Waals surface area contributed by atoms with Crippen molar-refractivity contribution in [2.75, 3.05) is 7.11 Å². The van der Waals surface area contributed by atoms with Gasteiger partial charge in [0.15, 0.2) is 5.69 Å². The third-order valence-corrected chi connectivity index (χ3v) is 4.30. The van der Waals surface area contributed by atoms with Crippen LogP contribution in [0.1, 0.15) is 21.6 Å². The Labute approximate surface area is 139 Å². The summed E-state index contributed by atoms with van der Waals surface area (Å²) in [5.41, 5.74) is 2.24. The van der Waals surface area contributed by atoms with Gasteiger partial charge in [-0.3, -0.25) is 4.79 Å². The second kappa shape index (κ2) is 6.70. The molecule has 1 aromatic carbocycles. The first-order chi connectivity index (χ1) is 11.6. The second-order valence-electron chi connectivity index (χ2n) is 5.78. The van der Waals surface area contributed by atoms with Gasteiger partial charge in [-0.1, -0.05) is 24.3 Å². The molecule has 124 valence electrons. The van der Waals surface area contributed by atoms with Crippen LogP contribution in [-0.2, 0) is 22.4 Å². The average molecular weight is 326 g/mol. The lowest BCUT2D eigenvalue weighted by atomic mass is 9.96. The maximum absolute atomic E-state index is 12.4. The minimum absolute atomic E-state index is 0.0929. The highest BCUT2D eigenvalue weighted by atomic mass is 16.5. The van der Waals surface area contributed by atoms with Crippen molar-refractivity contribution in [3.8, 4) is 5.75 Å². The number of hydrogen-bond donors (Lipinski definition) is 2. The maximum Gasteiger partial charge on any atom is 0.328 e. The number of carbonyl (C=O) groups excluding carboxylic acids is 2. The Balaban J connectivity index is 1.80. The molecular formula is C18H18N2O4. The predicted molar refractivity (Wildman–Crippen MR) is 86.5 cm³/mol. The summed E-state index contributed by atoms with van der Waals surface area (Å²) < 4.78 is 4.85. The zero-order valence-electron chi connectivity index (χ0n) is 13.2. The Hall–Kier alpha value is -2.89. The largest absolute Gasteiger partial charge is 0.505 e. The number of esters is 1. The van der Waals surface area contributed by atoms with E-state index in [1.165, 1.54) is 36.6 Å². The van der Waals surface area contributed by atoms with Crippen molar-refractivity contribution in [3.05, 3.63) is 59.4 Å². The number of aromatic hydroxyl groups is 1. The number of pyridine rings is 1. The van der Waals surface area contributed by atoms with Gasteiger partial charge < -0.3 is 15.2 Å². The van der Waals surface area contributed by atoms with Crippen LogP contribution in [0.4, 0.5) is 0 Å². The number of rotatable bonds is 4. The van der Waals surface area contributed by atoms with Gasteiger partial charge in [-0.2, -0.15) is 0 Å². The van der Waals surface area contributed by atoms with Gasteiger partial charge in [0.1, 0.15) is 11.8 Å². The fourth-order valence-electron chi connectivity index (χ4n) is 3.11. The minimum atomic E-state index is -0.795. The first-order valence-corrected chi connectivity index (χ1v) is 7.69. The van der Waals surface area contributed by atoms with Gasteiger partial charge in [-0.05, 0) is 42.0 Å². The van der Waals surface area contributed by atoms with Crippen molar-refractivity contribution in [3.63, 3.8) is 0 Å². The molecule has 1 heterocycles. The van der Waals surface area contributed by atoms with Crippen LogP contribution in [0.25, 0.3) is 0 Å². The van der Waals surface area contributed by atoms with Crippen molar-refractivity contribution < 1.29 is 19.4 Å². The van der Waals surface area contributed by atoms with Gasteiger partial charge in [0.25, 0.3) is 5.91 Å². The summed E-state index contributed by atoms with van der Waals surface area (Å²) in [6.45, 7) is 0. The summed E-state index contributed by atoms with van der Waals surface area (Å²) >= 11 is 0. The van der Waals surface area contributed by atoms with Gasteiger partial charge in [0, 0.05) is 6.20 Å². The molecule has 1 aliphatic rings. The highest BCUT2D eigenvalue weighted by Crippen LogP contribution is 2.29. The van der Waals surface area contributed by atoms with E-state index < -0.39 is 17.9 Å². The molecule has 0 fully saturated rings. The summed E-state index contributed by atoms with van der Waals surface area (Å²) in [5, 5.41) is 12.4. The Morgan fingerprint density at radius 1 is 1.21 bits per heavy atom. The molecule has 24 heavy (non-hydrogen) atoms. The van der Waals surface area contributed by atoms with Crippen LogP contribution in [0.3, 0.4) is 0 Å². The Kier molecular flexibility index (Phi) is 4.46. The van der Waals surface area contributed by atoms with Gasteiger partial charge in [-0.15, -0.1) is 0 Å². The molecule has 6 heteroatoms. The fraction of sp³-hybridized carbons (Fsp3) is 0.278. The molecule has 2 aromatic rings. The van der Waals surface area contributed by atoms with Crippen molar-refractivity contribution in [2.24, 2.45) is 5.92 Å². The number of aromatic nitrogens is 1. The smallest absolute Gasteiger partial charge is 0.328 e. The van der Waals surface area contributed by atoms with E-state index in [0.29, 0.717) is 12.8 Å². The zero-order chi connectivity index (χ0) is 17.1. The quantitative estimate of drug-likeness (QED) is 0.831. The summed E-state index contributed by atoms with van der Waals surface area (Å²) in [5.74, 6) is -1.42. The van der Waals surface area contributed by atoms with E-state index in [1.807, 2.05) is 24.3 Å². The van der Waals surface area contributed by atoms with E-state index in [0.717, 1.165) is 0 Å². The highest BCUT2D eigenvalue weighted by Gasteiger charge is 2.35. The standard InChI is InChI=1S/C18H18N2O4/c1-24-18(23)15(13-9-11-5-2-3-6-12(11)10-13)20-17(22)16-14(21)7-4-8-19-16/h2-8,13,15,21H,9-10H2,1H3,(H,20,22)/t15-/m1/s1. The van der Waals surface area contributed by atoms with Gasteiger partial charge in [0.05, 0.1) is 7.11 Å². The topological polar surface area (TPSA) is 88.5 Å². The second-order valence-corrected chi connectivity index (χ2v) is 5.78. The summed E-state index contributed by atoms with van der Waals surface area (Å²) in [6, 6.07) is 10.1. The molecule has 0 saturated carbocycles. The third kappa shape index (κ3) is 3.08. The van der Waals surface area contributed by atoms with Crippen LogP contribution in [0.5, 0.6) is 5.75 Å². The SMILES string of the molecule is COC(=O)[C@H](NC(=O)c1ncccc1O)C1Cc2ccccc2C1. The van der Waals surface area contributed by atoms with Crippen molar-refractivity contribution >= 4 is 11.9 Å². The van der Waals surface area contributed by atoms with E-state index in [-0.39, 0.29) is 17.4 Å². The fourth-order valence-corrected chi connectivity index (χ4v) is 3.11. The molecule has 0 aliphatic heterocycles. The van der Waals surface area contributed by atoms with E-state index in [4.69, 9.17) is 4.74 Å². The molecule has 0 saturated heterocycles. The van der Waals surface area contributed by atoms with Gasteiger partial charge >= 0.3 is 5.97 Å². The lowest BCUT2D eigenvalue weighted by Crippen LogP contribution is -2.47. The number of ether oxygens (including phenoxy) is 1. The molecule has 1 atom stereocenters. The van der Waals surface area contributed by atoms with Crippen LogP contribution in [0.2, 0.25) is 0 Å². The number of methoxy groups -OCH3 is 1. The predicted octanol–water partition coefficient (Wildman–Crippen LogP) is 1.47.